The van der Waals surface area contributed by atoms with Crippen LogP contribution in [0.1, 0.15) is 37.1 Å². The standard InChI is InChI=1S/C11H16OS/c1-8-4-7-13-9(8)11(3,12)10(2)5-6-10/h4,7,12H,5-6H2,1-3H3. The van der Waals surface area contributed by atoms with Crippen LogP contribution in [0.15, 0.2) is 11.4 Å². The second-order valence-corrected chi connectivity index (χ2v) is 5.48. The quantitative estimate of drug-likeness (QED) is 0.770. The maximum absolute atomic E-state index is 10.5. The predicted octanol–water partition coefficient (Wildman–Crippen LogP) is 3.06. The van der Waals surface area contributed by atoms with E-state index < -0.39 is 5.60 Å². The predicted molar refractivity (Wildman–Crippen MR) is 56.0 cm³/mol. The van der Waals surface area contributed by atoms with Gasteiger partial charge in [0.15, 0.2) is 0 Å². The summed E-state index contributed by atoms with van der Waals surface area (Å²) in [4.78, 5) is 1.15. The first-order valence-electron chi connectivity index (χ1n) is 4.74. The molecule has 13 heavy (non-hydrogen) atoms. The molecule has 1 unspecified atom stereocenters. The monoisotopic (exact) mass is 196 g/mol. The number of thiophene rings is 1. The lowest BCUT2D eigenvalue weighted by Crippen LogP contribution is -2.30. The normalized spacial score (nSPS) is 24.0. The van der Waals surface area contributed by atoms with E-state index in [2.05, 4.69) is 25.3 Å². The van der Waals surface area contributed by atoms with Crippen molar-refractivity contribution in [3.8, 4) is 0 Å². The Kier molecular flexibility index (Phi) is 1.83. The van der Waals surface area contributed by atoms with Crippen LogP contribution in [0.5, 0.6) is 0 Å². The molecule has 1 atom stereocenters. The summed E-state index contributed by atoms with van der Waals surface area (Å²) in [5, 5.41) is 12.5. The lowest BCUT2D eigenvalue weighted by Gasteiger charge is -2.30. The zero-order valence-corrected chi connectivity index (χ0v) is 9.24. The summed E-state index contributed by atoms with van der Waals surface area (Å²) >= 11 is 1.67. The minimum Gasteiger partial charge on any atom is -0.384 e. The Morgan fingerprint density at radius 1 is 1.54 bits per heavy atom. The van der Waals surface area contributed by atoms with Crippen molar-refractivity contribution < 1.29 is 5.11 Å². The Bertz CT molecular complexity index is 321. The maximum atomic E-state index is 10.5. The molecular weight excluding hydrogens is 180 g/mol. The Labute approximate surface area is 83.4 Å². The lowest BCUT2D eigenvalue weighted by molar-refractivity contribution is -0.00964. The van der Waals surface area contributed by atoms with Crippen molar-refractivity contribution in [1.29, 1.82) is 0 Å². The molecule has 0 bridgehead atoms. The number of hydrogen-bond acceptors (Lipinski definition) is 2. The van der Waals surface area contributed by atoms with Gasteiger partial charge in [-0.1, -0.05) is 6.92 Å². The molecule has 1 N–H and O–H groups in total. The van der Waals surface area contributed by atoms with Gasteiger partial charge >= 0.3 is 0 Å². The molecule has 0 amide bonds. The zero-order chi connectivity index (χ0) is 9.69. The number of hydrogen-bond donors (Lipinski definition) is 1. The highest BCUT2D eigenvalue weighted by Crippen LogP contribution is 2.58. The van der Waals surface area contributed by atoms with Crippen LogP contribution in [-0.4, -0.2) is 5.11 Å². The average molecular weight is 196 g/mol. The fraction of sp³-hybridized carbons (Fsp3) is 0.636. The van der Waals surface area contributed by atoms with E-state index in [1.165, 1.54) is 5.56 Å². The Hall–Kier alpha value is -0.340. The van der Waals surface area contributed by atoms with E-state index in [0.717, 1.165) is 17.7 Å². The van der Waals surface area contributed by atoms with Crippen molar-refractivity contribution in [2.24, 2.45) is 5.41 Å². The summed E-state index contributed by atoms with van der Waals surface area (Å²) < 4.78 is 0. The largest absolute Gasteiger partial charge is 0.384 e. The summed E-state index contributed by atoms with van der Waals surface area (Å²) in [6.45, 7) is 6.21. The molecule has 0 spiro atoms. The molecule has 1 nitrogen and oxygen atoms in total. The van der Waals surface area contributed by atoms with E-state index >= 15 is 0 Å². The Balaban J connectivity index is 2.40. The van der Waals surface area contributed by atoms with Gasteiger partial charge in [-0.2, -0.15) is 0 Å². The number of aryl methyl sites for hydroxylation is 1. The molecular formula is C11H16OS. The minimum absolute atomic E-state index is 0.128. The van der Waals surface area contributed by atoms with E-state index in [4.69, 9.17) is 0 Å². The summed E-state index contributed by atoms with van der Waals surface area (Å²) in [5.41, 5.74) is 0.733. The van der Waals surface area contributed by atoms with E-state index in [-0.39, 0.29) is 5.41 Å². The first-order chi connectivity index (χ1) is 5.97. The zero-order valence-electron chi connectivity index (χ0n) is 8.42. The molecule has 0 radical (unpaired) electrons. The molecule has 1 aliphatic rings. The van der Waals surface area contributed by atoms with Crippen molar-refractivity contribution in [3.05, 3.63) is 21.9 Å². The molecule has 1 aromatic heterocycles. The van der Waals surface area contributed by atoms with Crippen LogP contribution in [0.25, 0.3) is 0 Å². The Morgan fingerprint density at radius 2 is 2.15 bits per heavy atom. The average Bonchev–Trinajstić information content (AvgIpc) is 2.63. The number of aliphatic hydroxyl groups is 1. The smallest absolute Gasteiger partial charge is 0.102 e. The van der Waals surface area contributed by atoms with Gasteiger partial charge in [-0.15, -0.1) is 11.3 Å². The third kappa shape index (κ3) is 1.24. The summed E-state index contributed by atoms with van der Waals surface area (Å²) in [7, 11) is 0. The van der Waals surface area contributed by atoms with Gasteiger partial charge in [0.1, 0.15) is 5.60 Å². The lowest BCUT2D eigenvalue weighted by atomic mass is 9.85. The third-order valence-electron chi connectivity index (χ3n) is 3.48. The van der Waals surface area contributed by atoms with Crippen LogP contribution >= 0.6 is 11.3 Å². The van der Waals surface area contributed by atoms with Gasteiger partial charge in [-0.05, 0) is 43.7 Å². The van der Waals surface area contributed by atoms with E-state index in [1.807, 2.05) is 6.92 Å². The third-order valence-corrected chi connectivity index (χ3v) is 4.71. The summed E-state index contributed by atoms with van der Waals surface area (Å²) in [5.74, 6) is 0. The van der Waals surface area contributed by atoms with Crippen LogP contribution in [0.4, 0.5) is 0 Å². The molecule has 2 heteroatoms. The van der Waals surface area contributed by atoms with Crippen molar-refractivity contribution >= 4 is 11.3 Å². The van der Waals surface area contributed by atoms with Gasteiger partial charge in [0.25, 0.3) is 0 Å². The van der Waals surface area contributed by atoms with E-state index in [9.17, 15) is 5.11 Å². The van der Waals surface area contributed by atoms with Crippen LogP contribution in [0.2, 0.25) is 0 Å². The van der Waals surface area contributed by atoms with E-state index in [0.29, 0.717) is 0 Å². The molecule has 1 aliphatic carbocycles. The van der Waals surface area contributed by atoms with Crippen molar-refractivity contribution in [1.82, 2.24) is 0 Å². The summed E-state index contributed by atoms with van der Waals surface area (Å²) in [6, 6.07) is 2.08. The fourth-order valence-electron chi connectivity index (χ4n) is 1.82. The Morgan fingerprint density at radius 3 is 2.54 bits per heavy atom. The maximum Gasteiger partial charge on any atom is 0.102 e. The molecule has 0 saturated heterocycles. The van der Waals surface area contributed by atoms with Crippen molar-refractivity contribution in [2.45, 2.75) is 39.2 Å². The molecule has 1 aromatic rings. The SMILES string of the molecule is Cc1ccsc1C(C)(O)C1(C)CC1. The number of rotatable bonds is 2. The van der Waals surface area contributed by atoms with Crippen molar-refractivity contribution in [2.75, 3.05) is 0 Å². The molecule has 1 heterocycles. The van der Waals surface area contributed by atoms with Gasteiger partial charge < -0.3 is 5.11 Å². The fourth-order valence-corrected chi connectivity index (χ4v) is 2.96. The van der Waals surface area contributed by atoms with Crippen LogP contribution in [0.3, 0.4) is 0 Å². The highest BCUT2D eigenvalue weighted by molar-refractivity contribution is 7.10. The van der Waals surface area contributed by atoms with Gasteiger partial charge in [-0.3, -0.25) is 0 Å². The van der Waals surface area contributed by atoms with Gasteiger partial charge in [0.05, 0.1) is 0 Å². The van der Waals surface area contributed by atoms with E-state index in [1.54, 1.807) is 11.3 Å². The van der Waals surface area contributed by atoms with Crippen LogP contribution in [-0.2, 0) is 5.60 Å². The van der Waals surface area contributed by atoms with Gasteiger partial charge in [-0.25, -0.2) is 0 Å². The van der Waals surface area contributed by atoms with Gasteiger partial charge in [0.2, 0.25) is 0 Å². The topological polar surface area (TPSA) is 20.2 Å². The highest BCUT2D eigenvalue weighted by atomic mass is 32.1. The molecule has 1 saturated carbocycles. The first-order valence-corrected chi connectivity index (χ1v) is 5.62. The highest BCUT2D eigenvalue weighted by Gasteiger charge is 2.53. The second kappa shape index (κ2) is 2.58. The second-order valence-electron chi connectivity index (χ2n) is 4.57. The molecule has 0 aromatic carbocycles. The molecule has 72 valence electrons. The molecule has 1 fully saturated rings. The minimum atomic E-state index is -0.620. The molecule has 0 aliphatic heterocycles. The van der Waals surface area contributed by atoms with Gasteiger partial charge in [0, 0.05) is 10.3 Å². The first kappa shape index (κ1) is 9.22. The van der Waals surface area contributed by atoms with Crippen molar-refractivity contribution in [3.63, 3.8) is 0 Å². The van der Waals surface area contributed by atoms with Crippen LogP contribution in [0, 0.1) is 12.3 Å². The summed E-state index contributed by atoms with van der Waals surface area (Å²) in [6.07, 6.45) is 2.30. The molecule has 2 rings (SSSR count). The van der Waals surface area contributed by atoms with Crippen LogP contribution < -0.4 is 0 Å².